The molecule has 0 saturated heterocycles. The zero-order chi connectivity index (χ0) is 43.8. The number of aliphatic hydroxyl groups is 2. The molecule has 0 fully saturated rings. The second-order valence-corrected chi connectivity index (χ2v) is 18.3. The fourth-order valence-electron chi connectivity index (χ4n) is 8.25. The van der Waals surface area contributed by atoms with Crippen molar-refractivity contribution in [2.45, 2.75) is 302 Å². The minimum atomic E-state index is -0.795. The number of carbonyl (C=O) groups is 2. The Morgan fingerprint density at radius 2 is 0.850 bits per heavy atom. The number of ether oxygens (including phenoxy) is 1. The van der Waals surface area contributed by atoms with Gasteiger partial charge in [0.15, 0.2) is 0 Å². The van der Waals surface area contributed by atoms with Gasteiger partial charge in [-0.3, -0.25) is 9.59 Å². The number of hydrogen-bond acceptors (Lipinski definition) is 5. The lowest BCUT2D eigenvalue weighted by Crippen LogP contribution is -2.46. The van der Waals surface area contributed by atoms with Crippen LogP contribution in [0.25, 0.3) is 0 Å². The fourth-order valence-corrected chi connectivity index (χ4v) is 8.25. The van der Waals surface area contributed by atoms with Crippen molar-refractivity contribution >= 4 is 11.9 Å². The molecule has 0 aliphatic heterocycles. The summed E-state index contributed by atoms with van der Waals surface area (Å²) in [4.78, 5) is 26.1. The van der Waals surface area contributed by atoms with Crippen LogP contribution in [-0.4, -0.2) is 46.9 Å². The minimum absolute atomic E-state index is 0.0498. The molecule has 60 heavy (non-hydrogen) atoms. The van der Waals surface area contributed by atoms with Gasteiger partial charge in [-0.1, -0.05) is 251 Å². The van der Waals surface area contributed by atoms with E-state index in [0.717, 1.165) is 57.8 Å². The second-order valence-electron chi connectivity index (χ2n) is 18.3. The number of esters is 1. The van der Waals surface area contributed by atoms with Crippen molar-refractivity contribution in [3.63, 3.8) is 0 Å². The smallest absolute Gasteiger partial charge is 0.306 e. The fraction of sp³-hybridized carbons (Fsp3) is 0.889. The average Bonchev–Trinajstić information content (AvgIpc) is 3.24. The lowest BCUT2D eigenvalue weighted by Gasteiger charge is -2.24. The molecule has 0 aromatic rings. The molecule has 3 unspecified atom stereocenters. The van der Waals surface area contributed by atoms with E-state index in [4.69, 9.17) is 4.74 Å². The largest absolute Gasteiger partial charge is 0.462 e. The molecule has 0 rings (SSSR count). The Hall–Kier alpha value is -1.66. The SMILES string of the molecule is CCCCCCCCC/C=C/C=C/CCCC(CC(=O)NC(CO)C(O)CCCCCCCCCCCCCCCCCCC)OC(=O)CCCCCCCCCCCC. The van der Waals surface area contributed by atoms with Crippen LogP contribution >= 0.6 is 0 Å². The van der Waals surface area contributed by atoms with Crippen molar-refractivity contribution in [1.29, 1.82) is 0 Å². The van der Waals surface area contributed by atoms with E-state index in [-0.39, 0.29) is 24.9 Å². The number of aliphatic hydroxyl groups excluding tert-OH is 2. The summed E-state index contributed by atoms with van der Waals surface area (Å²) in [6, 6.07) is -0.711. The van der Waals surface area contributed by atoms with Gasteiger partial charge in [0.05, 0.1) is 25.2 Å². The van der Waals surface area contributed by atoms with E-state index in [0.29, 0.717) is 19.3 Å². The first-order chi connectivity index (χ1) is 29.5. The maximum Gasteiger partial charge on any atom is 0.306 e. The van der Waals surface area contributed by atoms with Crippen molar-refractivity contribution in [3.8, 4) is 0 Å². The van der Waals surface area contributed by atoms with Gasteiger partial charge in [0, 0.05) is 6.42 Å². The van der Waals surface area contributed by atoms with Crippen LogP contribution in [-0.2, 0) is 14.3 Å². The molecule has 0 aliphatic carbocycles. The normalized spacial score (nSPS) is 13.3. The topological polar surface area (TPSA) is 95.9 Å². The number of unbranched alkanes of at least 4 members (excludes halogenated alkanes) is 33. The molecule has 1 amide bonds. The summed E-state index contributed by atoms with van der Waals surface area (Å²) < 4.78 is 5.90. The highest BCUT2D eigenvalue weighted by molar-refractivity contribution is 5.77. The van der Waals surface area contributed by atoms with Crippen molar-refractivity contribution in [3.05, 3.63) is 24.3 Å². The Balaban J connectivity index is 4.52. The van der Waals surface area contributed by atoms with Gasteiger partial charge in [-0.05, 0) is 44.9 Å². The molecule has 0 aliphatic rings. The van der Waals surface area contributed by atoms with E-state index >= 15 is 0 Å². The van der Waals surface area contributed by atoms with Crippen LogP contribution in [0.15, 0.2) is 24.3 Å². The summed E-state index contributed by atoms with van der Waals surface area (Å²) >= 11 is 0. The summed E-state index contributed by atoms with van der Waals surface area (Å²) in [5.41, 5.74) is 0. The summed E-state index contributed by atoms with van der Waals surface area (Å²) in [6.45, 7) is 6.48. The Bertz CT molecular complexity index is 950. The third-order valence-electron chi connectivity index (χ3n) is 12.3. The molecule has 3 N–H and O–H groups in total. The maximum absolute atomic E-state index is 13.2. The Morgan fingerprint density at radius 3 is 1.27 bits per heavy atom. The predicted molar refractivity (Wildman–Crippen MR) is 260 cm³/mol. The van der Waals surface area contributed by atoms with E-state index in [1.54, 1.807) is 0 Å². The molecule has 0 bridgehead atoms. The monoisotopic (exact) mass is 846 g/mol. The molecular formula is C54H103NO5. The average molecular weight is 846 g/mol. The molecule has 0 aromatic carbocycles. The second kappa shape index (κ2) is 48.4. The van der Waals surface area contributed by atoms with Crippen LogP contribution < -0.4 is 5.32 Å². The van der Waals surface area contributed by atoms with Crippen LogP contribution in [0.4, 0.5) is 0 Å². The van der Waals surface area contributed by atoms with Crippen molar-refractivity contribution in [2.75, 3.05) is 6.61 Å². The van der Waals surface area contributed by atoms with Gasteiger partial charge in [0.25, 0.3) is 0 Å². The summed E-state index contributed by atoms with van der Waals surface area (Å²) in [6.07, 6.45) is 55.3. The lowest BCUT2D eigenvalue weighted by molar-refractivity contribution is -0.151. The first kappa shape index (κ1) is 58.3. The number of hydrogen-bond donors (Lipinski definition) is 3. The van der Waals surface area contributed by atoms with E-state index in [1.807, 2.05) is 0 Å². The zero-order valence-electron chi connectivity index (χ0n) is 40.4. The van der Waals surface area contributed by atoms with E-state index in [2.05, 4.69) is 50.4 Å². The third kappa shape index (κ3) is 43.0. The first-order valence-electron chi connectivity index (χ1n) is 26.6. The molecule has 354 valence electrons. The van der Waals surface area contributed by atoms with Crippen molar-refractivity contribution in [1.82, 2.24) is 5.32 Å². The van der Waals surface area contributed by atoms with Crippen molar-refractivity contribution in [2.24, 2.45) is 0 Å². The summed E-state index contributed by atoms with van der Waals surface area (Å²) in [5, 5.41) is 23.8. The van der Waals surface area contributed by atoms with Gasteiger partial charge >= 0.3 is 5.97 Å². The molecular weight excluding hydrogens is 743 g/mol. The van der Waals surface area contributed by atoms with Crippen LogP contribution in [0.2, 0.25) is 0 Å². The molecule has 6 nitrogen and oxygen atoms in total. The molecule has 0 aromatic heterocycles. The maximum atomic E-state index is 13.2. The highest BCUT2D eigenvalue weighted by atomic mass is 16.5. The zero-order valence-corrected chi connectivity index (χ0v) is 40.4. The van der Waals surface area contributed by atoms with E-state index in [1.165, 1.54) is 180 Å². The quantitative estimate of drug-likeness (QED) is 0.0322. The molecule has 0 saturated carbocycles. The van der Waals surface area contributed by atoms with E-state index < -0.39 is 18.2 Å². The molecule has 6 heteroatoms. The van der Waals surface area contributed by atoms with Gasteiger partial charge < -0.3 is 20.3 Å². The summed E-state index contributed by atoms with van der Waals surface area (Å²) in [7, 11) is 0. The first-order valence-corrected chi connectivity index (χ1v) is 26.6. The lowest BCUT2D eigenvalue weighted by atomic mass is 10.0. The van der Waals surface area contributed by atoms with E-state index in [9.17, 15) is 19.8 Å². The van der Waals surface area contributed by atoms with Gasteiger partial charge in [-0.2, -0.15) is 0 Å². The van der Waals surface area contributed by atoms with Crippen molar-refractivity contribution < 1.29 is 24.5 Å². The number of rotatable bonds is 48. The molecule has 0 radical (unpaired) electrons. The Kier molecular flexibility index (Phi) is 47.0. The number of amides is 1. The van der Waals surface area contributed by atoms with Crippen LogP contribution in [0.3, 0.4) is 0 Å². The Morgan fingerprint density at radius 1 is 0.483 bits per heavy atom. The third-order valence-corrected chi connectivity index (χ3v) is 12.3. The van der Waals surface area contributed by atoms with Gasteiger partial charge in [-0.15, -0.1) is 0 Å². The van der Waals surface area contributed by atoms with Crippen LogP contribution in [0.5, 0.6) is 0 Å². The molecule has 3 atom stereocenters. The molecule has 0 heterocycles. The van der Waals surface area contributed by atoms with Crippen LogP contribution in [0, 0.1) is 0 Å². The number of carbonyl (C=O) groups excluding carboxylic acids is 2. The summed E-state index contributed by atoms with van der Waals surface area (Å²) in [5.74, 6) is -0.509. The number of allylic oxidation sites excluding steroid dienone is 4. The standard InChI is InChI=1S/C54H103NO5/c1-4-7-10-13-16-19-22-24-26-27-28-30-32-34-37-40-43-46-52(57)51(49-56)55-53(58)48-50(60-54(59)47-44-41-38-35-21-18-15-12-9-6-3)45-42-39-36-33-31-29-25-23-20-17-14-11-8-5-2/h29,31,33,36,50-52,56-57H,4-28,30,32,34-35,37-49H2,1-3H3,(H,55,58)/b31-29+,36-33+. The van der Waals surface area contributed by atoms with Gasteiger partial charge in [0.1, 0.15) is 6.10 Å². The minimum Gasteiger partial charge on any atom is -0.462 e. The van der Waals surface area contributed by atoms with Gasteiger partial charge in [-0.25, -0.2) is 0 Å². The van der Waals surface area contributed by atoms with Crippen LogP contribution in [0.1, 0.15) is 284 Å². The van der Waals surface area contributed by atoms with Gasteiger partial charge in [0.2, 0.25) is 5.91 Å². The Labute approximate surface area is 373 Å². The number of nitrogens with one attached hydrogen (secondary N) is 1. The highest BCUT2D eigenvalue weighted by Crippen LogP contribution is 2.18. The molecule has 0 spiro atoms. The predicted octanol–water partition coefficient (Wildman–Crippen LogP) is 15.9. The highest BCUT2D eigenvalue weighted by Gasteiger charge is 2.24.